The van der Waals surface area contributed by atoms with Crippen LogP contribution in [0.25, 0.3) is 0 Å². The van der Waals surface area contributed by atoms with Gasteiger partial charge in [-0.2, -0.15) is 4.98 Å². The summed E-state index contributed by atoms with van der Waals surface area (Å²) in [5, 5.41) is 2.74. The maximum atomic E-state index is 12.9. The topological polar surface area (TPSA) is 107 Å². The molecule has 2 aromatic rings. The number of hydrogen-bond donors (Lipinski definition) is 3. The van der Waals surface area contributed by atoms with Crippen molar-refractivity contribution in [1.82, 2.24) is 14.9 Å². The van der Waals surface area contributed by atoms with E-state index in [1.807, 2.05) is 9.80 Å². The van der Waals surface area contributed by atoms with E-state index in [9.17, 15) is 14.0 Å². The van der Waals surface area contributed by atoms with E-state index in [1.165, 1.54) is 30.3 Å². The molecule has 0 spiro atoms. The molecule has 9 heteroatoms. The SMILES string of the molecule is Nc1nc(N2CCN(CC(=O)Nc3ccc(F)cc3)CC2)cc(=O)[nH]1. The minimum absolute atomic E-state index is 0.0867. The van der Waals surface area contributed by atoms with Crippen LogP contribution in [0.2, 0.25) is 0 Å². The second kappa shape index (κ2) is 7.31. The van der Waals surface area contributed by atoms with Crippen molar-refractivity contribution < 1.29 is 9.18 Å². The van der Waals surface area contributed by atoms with E-state index in [4.69, 9.17) is 5.73 Å². The number of nitrogens with two attached hydrogens (primary N) is 1. The highest BCUT2D eigenvalue weighted by Crippen LogP contribution is 2.13. The van der Waals surface area contributed by atoms with Crippen molar-refractivity contribution >= 4 is 23.4 Å². The first kappa shape index (κ1) is 16.9. The number of hydrogen-bond acceptors (Lipinski definition) is 6. The Hall–Kier alpha value is -2.94. The van der Waals surface area contributed by atoms with E-state index in [1.54, 1.807) is 0 Å². The lowest BCUT2D eigenvalue weighted by Crippen LogP contribution is -2.49. The summed E-state index contributed by atoms with van der Waals surface area (Å²) in [5.74, 6) is 0.127. The first-order valence-electron chi connectivity index (χ1n) is 7.89. The van der Waals surface area contributed by atoms with Gasteiger partial charge in [0.15, 0.2) is 0 Å². The standard InChI is InChI=1S/C16H19FN6O2/c17-11-1-3-12(4-2-11)19-15(25)10-22-5-7-23(8-6-22)13-9-14(24)21-16(18)20-13/h1-4,9H,5-8,10H2,(H,19,25)(H3,18,20,21,24). The van der Waals surface area contributed by atoms with Gasteiger partial charge in [-0.25, -0.2) is 4.39 Å². The Balaban J connectivity index is 1.51. The molecule has 3 rings (SSSR count). The highest BCUT2D eigenvalue weighted by molar-refractivity contribution is 5.92. The average molecular weight is 346 g/mol. The Bertz CT molecular complexity index is 799. The number of aromatic nitrogens is 2. The molecule has 1 aliphatic heterocycles. The van der Waals surface area contributed by atoms with Gasteiger partial charge < -0.3 is 16.0 Å². The van der Waals surface area contributed by atoms with Gasteiger partial charge in [0.25, 0.3) is 5.56 Å². The van der Waals surface area contributed by atoms with Crippen LogP contribution in [-0.4, -0.2) is 53.5 Å². The summed E-state index contributed by atoms with van der Waals surface area (Å²) in [6.45, 7) is 2.84. The largest absolute Gasteiger partial charge is 0.369 e. The summed E-state index contributed by atoms with van der Waals surface area (Å²) in [6, 6.07) is 7.05. The number of aromatic amines is 1. The average Bonchev–Trinajstić information content (AvgIpc) is 2.57. The summed E-state index contributed by atoms with van der Waals surface area (Å²) >= 11 is 0. The predicted molar refractivity (Wildman–Crippen MR) is 93.0 cm³/mol. The molecule has 1 aliphatic rings. The predicted octanol–water partition coefficient (Wildman–Crippen LogP) is 0.252. The molecule has 1 saturated heterocycles. The number of carbonyl (C=O) groups excluding carboxylic acids is 1. The molecule has 0 unspecified atom stereocenters. The van der Waals surface area contributed by atoms with Crippen LogP contribution < -0.4 is 21.5 Å². The number of benzene rings is 1. The number of halogens is 1. The molecule has 2 heterocycles. The number of amides is 1. The zero-order chi connectivity index (χ0) is 17.8. The van der Waals surface area contributed by atoms with Gasteiger partial charge >= 0.3 is 0 Å². The molecular weight excluding hydrogens is 327 g/mol. The second-order valence-electron chi connectivity index (χ2n) is 5.81. The molecule has 25 heavy (non-hydrogen) atoms. The fourth-order valence-corrected chi connectivity index (χ4v) is 2.70. The summed E-state index contributed by atoms with van der Waals surface area (Å²) < 4.78 is 12.9. The minimum Gasteiger partial charge on any atom is -0.369 e. The van der Waals surface area contributed by atoms with Crippen molar-refractivity contribution in [1.29, 1.82) is 0 Å². The van der Waals surface area contributed by atoms with E-state index in [2.05, 4.69) is 15.3 Å². The lowest BCUT2D eigenvalue weighted by atomic mass is 10.3. The first-order valence-corrected chi connectivity index (χ1v) is 7.89. The second-order valence-corrected chi connectivity index (χ2v) is 5.81. The quantitative estimate of drug-likeness (QED) is 0.733. The van der Waals surface area contributed by atoms with E-state index in [0.717, 1.165) is 0 Å². The first-order chi connectivity index (χ1) is 12.0. The summed E-state index contributed by atoms with van der Waals surface area (Å²) in [6.07, 6.45) is 0. The molecule has 0 bridgehead atoms. The maximum absolute atomic E-state index is 12.9. The Morgan fingerprint density at radius 3 is 2.56 bits per heavy atom. The van der Waals surface area contributed by atoms with Crippen molar-refractivity contribution in [2.24, 2.45) is 0 Å². The van der Waals surface area contributed by atoms with Crippen molar-refractivity contribution in [3.05, 3.63) is 46.5 Å². The molecule has 1 aromatic carbocycles. The number of nitrogens with one attached hydrogen (secondary N) is 2. The molecule has 1 aromatic heterocycles. The highest BCUT2D eigenvalue weighted by atomic mass is 19.1. The van der Waals surface area contributed by atoms with E-state index in [0.29, 0.717) is 37.7 Å². The fourth-order valence-electron chi connectivity index (χ4n) is 2.70. The number of carbonyl (C=O) groups is 1. The third-order valence-electron chi connectivity index (χ3n) is 3.94. The molecule has 0 atom stereocenters. The Kier molecular flexibility index (Phi) is 4.94. The van der Waals surface area contributed by atoms with Crippen LogP contribution in [0.1, 0.15) is 0 Å². The Morgan fingerprint density at radius 1 is 1.24 bits per heavy atom. The third kappa shape index (κ3) is 4.54. The molecular formula is C16H19FN6O2. The lowest BCUT2D eigenvalue weighted by molar-refractivity contribution is -0.117. The summed E-state index contributed by atoms with van der Waals surface area (Å²) in [7, 11) is 0. The molecule has 132 valence electrons. The molecule has 0 aliphatic carbocycles. The monoisotopic (exact) mass is 346 g/mol. The number of nitrogens with zero attached hydrogens (tertiary/aromatic N) is 3. The van der Waals surface area contributed by atoms with Crippen LogP contribution in [0, 0.1) is 5.82 Å². The lowest BCUT2D eigenvalue weighted by Gasteiger charge is -2.34. The number of piperazine rings is 1. The number of H-pyrrole nitrogens is 1. The van der Waals surface area contributed by atoms with E-state index >= 15 is 0 Å². The normalized spacial score (nSPS) is 15.2. The van der Waals surface area contributed by atoms with Gasteiger partial charge in [-0.05, 0) is 24.3 Å². The molecule has 8 nitrogen and oxygen atoms in total. The van der Waals surface area contributed by atoms with Gasteiger partial charge in [0.2, 0.25) is 11.9 Å². The van der Waals surface area contributed by atoms with Gasteiger partial charge in [0, 0.05) is 37.9 Å². The van der Waals surface area contributed by atoms with E-state index < -0.39 is 0 Å². The molecule has 4 N–H and O–H groups in total. The highest BCUT2D eigenvalue weighted by Gasteiger charge is 2.20. The van der Waals surface area contributed by atoms with Crippen molar-refractivity contribution in [3.63, 3.8) is 0 Å². The maximum Gasteiger partial charge on any atom is 0.254 e. The number of anilines is 3. The van der Waals surface area contributed by atoms with Crippen molar-refractivity contribution in [2.45, 2.75) is 0 Å². The van der Waals surface area contributed by atoms with Crippen LogP contribution in [-0.2, 0) is 4.79 Å². The Labute approximate surface area is 143 Å². The number of rotatable bonds is 4. The van der Waals surface area contributed by atoms with Gasteiger partial charge in [0.05, 0.1) is 6.54 Å². The molecule has 1 fully saturated rings. The fraction of sp³-hybridized carbons (Fsp3) is 0.312. The minimum atomic E-state index is -0.344. The zero-order valence-corrected chi connectivity index (χ0v) is 13.5. The van der Waals surface area contributed by atoms with Crippen LogP contribution in [0.3, 0.4) is 0 Å². The van der Waals surface area contributed by atoms with Gasteiger partial charge in [-0.15, -0.1) is 0 Å². The van der Waals surface area contributed by atoms with Crippen LogP contribution in [0.4, 0.5) is 21.8 Å². The smallest absolute Gasteiger partial charge is 0.254 e. The molecule has 0 radical (unpaired) electrons. The van der Waals surface area contributed by atoms with Crippen LogP contribution >= 0.6 is 0 Å². The van der Waals surface area contributed by atoms with Crippen LogP contribution in [0.5, 0.6) is 0 Å². The Morgan fingerprint density at radius 2 is 1.92 bits per heavy atom. The third-order valence-corrected chi connectivity index (χ3v) is 3.94. The zero-order valence-electron chi connectivity index (χ0n) is 13.5. The molecule has 1 amide bonds. The van der Waals surface area contributed by atoms with Crippen molar-refractivity contribution in [2.75, 3.05) is 48.7 Å². The van der Waals surface area contributed by atoms with Gasteiger partial charge in [-0.1, -0.05) is 0 Å². The summed E-state index contributed by atoms with van der Waals surface area (Å²) in [5.41, 5.74) is 5.84. The van der Waals surface area contributed by atoms with Gasteiger partial charge in [-0.3, -0.25) is 19.5 Å². The molecule has 0 saturated carbocycles. The number of nitrogen functional groups attached to an aromatic ring is 1. The van der Waals surface area contributed by atoms with Gasteiger partial charge in [0.1, 0.15) is 11.6 Å². The van der Waals surface area contributed by atoms with Crippen LogP contribution in [0.15, 0.2) is 35.1 Å². The van der Waals surface area contributed by atoms with Crippen molar-refractivity contribution in [3.8, 4) is 0 Å². The van der Waals surface area contributed by atoms with E-state index in [-0.39, 0.29) is 29.8 Å². The summed E-state index contributed by atoms with van der Waals surface area (Å²) in [4.78, 5) is 34.0.